The molecule has 1 fully saturated rings. The van der Waals surface area contributed by atoms with Crippen LogP contribution >= 0.6 is 0 Å². The van der Waals surface area contributed by atoms with Crippen molar-refractivity contribution >= 4 is 0 Å². The first kappa shape index (κ1) is 14.5. The van der Waals surface area contributed by atoms with Gasteiger partial charge in [0.2, 0.25) is 0 Å². The molecule has 5 N–H and O–H groups in total. The second kappa shape index (κ2) is 6.56. The van der Waals surface area contributed by atoms with Gasteiger partial charge in [-0.25, -0.2) is 0 Å². The molecule has 3 nitrogen and oxygen atoms in total. The van der Waals surface area contributed by atoms with Crippen molar-refractivity contribution in [1.29, 1.82) is 0 Å². The lowest BCUT2D eigenvalue weighted by Gasteiger charge is -2.21. The van der Waals surface area contributed by atoms with Crippen molar-refractivity contribution in [2.24, 2.45) is 0 Å². The smallest absolute Gasteiger partial charge is 0.107 e. The molecule has 3 heteroatoms. The van der Waals surface area contributed by atoms with Gasteiger partial charge in [0, 0.05) is 18.5 Å². The van der Waals surface area contributed by atoms with Crippen molar-refractivity contribution in [3.63, 3.8) is 0 Å². The molecule has 21 heavy (non-hydrogen) atoms. The van der Waals surface area contributed by atoms with Gasteiger partial charge < -0.3 is 16.2 Å². The maximum atomic E-state index is 10.5. The van der Waals surface area contributed by atoms with Crippen molar-refractivity contribution < 1.29 is 10.8 Å². The third-order valence-electron chi connectivity index (χ3n) is 4.55. The first-order valence-corrected chi connectivity index (χ1v) is 7.92. The van der Waals surface area contributed by atoms with Gasteiger partial charge >= 0.3 is 0 Å². The summed E-state index contributed by atoms with van der Waals surface area (Å²) in [6.07, 6.45) is 10.6. The first-order chi connectivity index (χ1) is 10.2. The lowest BCUT2D eigenvalue weighted by molar-refractivity contribution is -0.402. The van der Waals surface area contributed by atoms with Crippen LogP contribution < -0.4 is 11.1 Å². The van der Waals surface area contributed by atoms with E-state index in [2.05, 4.69) is 29.3 Å². The fourth-order valence-electron chi connectivity index (χ4n) is 3.29. The average Bonchev–Trinajstić information content (AvgIpc) is 2.98. The summed E-state index contributed by atoms with van der Waals surface area (Å²) in [6, 6.07) is 11.0. The van der Waals surface area contributed by atoms with Crippen LogP contribution in [0, 0.1) is 0 Å². The topological polar surface area (TPSA) is 59.9 Å². The zero-order chi connectivity index (χ0) is 14.7. The summed E-state index contributed by atoms with van der Waals surface area (Å²) in [7, 11) is 0. The summed E-state index contributed by atoms with van der Waals surface area (Å²) in [6.45, 7) is 0. The molecule has 1 aliphatic carbocycles. The normalized spacial score (nSPS) is 30.2. The quantitative estimate of drug-likeness (QED) is 0.789. The molecule has 0 radical (unpaired) electrons. The van der Waals surface area contributed by atoms with Crippen LogP contribution in [0.4, 0.5) is 0 Å². The molecule has 3 rings (SSSR count). The number of aliphatic hydroxyl groups excluding tert-OH is 1. The van der Waals surface area contributed by atoms with Crippen LogP contribution in [0.2, 0.25) is 0 Å². The van der Waals surface area contributed by atoms with Gasteiger partial charge in [-0.15, -0.1) is 0 Å². The molecule has 2 aliphatic rings. The molecule has 0 saturated carbocycles. The van der Waals surface area contributed by atoms with Gasteiger partial charge in [0.25, 0.3) is 0 Å². The first-order valence-electron chi connectivity index (χ1n) is 7.92. The Morgan fingerprint density at radius 3 is 2.76 bits per heavy atom. The minimum Gasteiger partial charge on any atom is -0.387 e. The van der Waals surface area contributed by atoms with Crippen LogP contribution in [0.5, 0.6) is 0 Å². The van der Waals surface area contributed by atoms with Crippen LogP contribution in [-0.4, -0.2) is 23.2 Å². The predicted molar refractivity (Wildman–Crippen MR) is 84.5 cm³/mol. The zero-order valence-corrected chi connectivity index (χ0v) is 12.4. The standard InChI is InChI=1S/C18H24N2O/c19-15-8-6-13(7-9-15)12-16-10-11-17(20-16)18(21)14-4-2-1-3-5-14/h1-8,15-18,20-21H,9-12,19H2/p+1. The fourth-order valence-corrected chi connectivity index (χ4v) is 3.29. The van der Waals surface area contributed by atoms with Gasteiger partial charge in [-0.1, -0.05) is 48.1 Å². The maximum absolute atomic E-state index is 10.5. The van der Waals surface area contributed by atoms with Crippen molar-refractivity contribution in [3.8, 4) is 0 Å². The largest absolute Gasteiger partial charge is 0.387 e. The molecule has 1 aromatic carbocycles. The number of quaternary nitrogens is 1. The van der Waals surface area contributed by atoms with E-state index < -0.39 is 6.10 Å². The minimum absolute atomic E-state index is 0.172. The van der Waals surface area contributed by atoms with E-state index in [0.29, 0.717) is 12.1 Å². The predicted octanol–water partition coefficient (Wildman–Crippen LogP) is 1.73. The third kappa shape index (κ3) is 3.62. The number of hydrogen-bond donors (Lipinski definition) is 3. The van der Waals surface area contributed by atoms with Gasteiger partial charge in [0.05, 0.1) is 6.10 Å². The number of rotatable bonds is 4. The molecular weight excluding hydrogens is 260 g/mol. The van der Waals surface area contributed by atoms with Crippen molar-refractivity contribution in [2.75, 3.05) is 0 Å². The number of benzene rings is 1. The SMILES string of the molecule is [NH3+]C1C=CC(CC2CCC(C(O)c3ccccc3)N2)=CC1. The Kier molecular flexibility index (Phi) is 4.54. The van der Waals surface area contributed by atoms with Crippen LogP contribution in [0.1, 0.15) is 37.4 Å². The molecule has 112 valence electrons. The number of aliphatic hydroxyl groups is 1. The van der Waals surface area contributed by atoms with Gasteiger partial charge in [-0.3, -0.25) is 0 Å². The van der Waals surface area contributed by atoms with E-state index in [1.54, 1.807) is 0 Å². The molecule has 4 atom stereocenters. The maximum Gasteiger partial charge on any atom is 0.107 e. The Labute approximate surface area is 126 Å². The van der Waals surface area contributed by atoms with Gasteiger partial charge in [-0.2, -0.15) is 0 Å². The van der Waals surface area contributed by atoms with Gasteiger partial charge in [0.1, 0.15) is 6.04 Å². The Balaban J connectivity index is 1.55. The second-order valence-electron chi connectivity index (χ2n) is 6.24. The second-order valence-corrected chi connectivity index (χ2v) is 6.24. The number of nitrogens with one attached hydrogen (secondary N) is 1. The summed E-state index contributed by atoms with van der Waals surface area (Å²) < 4.78 is 0. The molecular formula is C18H25N2O+. The van der Waals surface area contributed by atoms with E-state index in [-0.39, 0.29) is 6.04 Å². The van der Waals surface area contributed by atoms with Crippen molar-refractivity contribution in [1.82, 2.24) is 5.32 Å². The molecule has 4 unspecified atom stereocenters. The van der Waals surface area contributed by atoms with E-state index in [0.717, 1.165) is 31.2 Å². The highest BCUT2D eigenvalue weighted by molar-refractivity contribution is 5.25. The van der Waals surface area contributed by atoms with Gasteiger partial charge in [-0.05, 0) is 30.9 Å². The fraction of sp³-hybridized carbons (Fsp3) is 0.444. The molecule has 1 aromatic rings. The number of allylic oxidation sites excluding steroid dienone is 1. The lowest BCUT2D eigenvalue weighted by atomic mass is 9.97. The lowest BCUT2D eigenvalue weighted by Crippen LogP contribution is -2.59. The summed E-state index contributed by atoms with van der Waals surface area (Å²) in [5.41, 5.74) is 6.46. The zero-order valence-electron chi connectivity index (χ0n) is 12.4. The van der Waals surface area contributed by atoms with E-state index in [4.69, 9.17) is 0 Å². The van der Waals surface area contributed by atoms with Crippen molar-refractivity contribution in [3.05, 3.63) is 59.7 Å². The molecule has 1 heterocycles. The summed E-state index contributed by atoms with van der Waals surface area (Å²) >= 11 is 0. The third-order valence-corrected chi connectivity index (χ3v) is 4.55. The molecule has 1 aliphatic heterocycles. The van der Waals surface area contributed by atoms with Crippen molar-refractivity contribution in [2.45, 2.75) is 49.9 Å². The van der Waals surface area contributed by atoms with Crippen LogP contribution in [0.3, 0.4) is 0 Å². The Hall–Kier alpha value is -1.42. The van der Waals surface area contributed by atoms with Crippen LogP contribution in [0.15, 0.2) is 54.1 Å². The van der Waals surface area contributed by atoms with E-state index >= 15 is 0 Å². The van der Waals surface area contributed by atoms with E-state index in [1.165, 1.54) is 5.57 Å². The average molecular weight is 285 g/mol. The molecule has 0 amide bonds. The summed E-state index contributed by atoms with van der Waals surface area (Å²) in [4.78, 5) is 0. The molecule has 1 saturated heterocycles. The Morgan fingerprint density at radius 2 is 2.05 bits per heavy atom. The molecule has 0 aromatic heterocycles. The Bertz CT molecular complexity index is 523. The highest BCUT2D eigenvalue weighted by Crippen LogP contribution is 2.28. The Morgan fingerprint density at radius 1 is 1.24 bits per heavy atom. The van der Waals surface area contributed by atoms with Crippen LogP contribution in [0.25, 0.3) is 0 Å². The van der Waals surface area contributed by atoms with E-state index in [9.17, 15) is 5.11 Å². The minimum atomic E-state index is -0.406. The van der Waals surface area contributed by atoms with Crippen LogP contribution in [-0.2, 0) is 0 Å². The summed E-state index contributed by atoms with van der Waals surface area (Å²) in [5, 5.41) is 14.1. The molecule has 0 spiro atoms. The monoisotopic (exact) mass is 285 g/mol. The highest BCUT2D eigenvalue weighted by Gasteiger charge is 2.30. The highest BCUT2D eigenvalue weighted by atomic mass is 16.3. The summed E-state index contributed by atoms with van der Waals surface area (Å²) in [5.74, 6) is 0. The van der Waals surface area contributed by atoms with E-state index in [1.807, 2.05) is 30.3 Å². The van der Waals surface area contributed by atoms with Gasteiger partial charge in [0.15, 0.2) is 0 Å². The molecule has 0 bridgehead atoms. The number of hydrogen-bond acceptors (Lipinski definition) is 2.